The third-order valence-electron chi connectivity index (χ3n) is 4.57. The molecular formula is C20H25ClN3+. The number of benzene rings is 2. The minimum absolute atomic E-state index is 0.805. The summed E-state index contributed by atoms with van der Waals surface area (Å²) in [7, 11) is 0. The Labute approximate surface area is 149 Å². The highest BCUT2D eigenvalue weighted by Gasteiger charge is 2.18. The predicted molar refractivity (Wildman–Crippen MR) is 101 cm³/mol. The Morgan fingerprint density at radius 3 is 2.25 bits per heavy atom. The summed E-state index contributed by atoms with van der Waals surface area (Å²) < 4.78 is 0. The van der Waals surface area contributed by atoms with Gasteiger partial charge in [0.15, 0.2) is 0 Å². The van der Waals surface area contributed by atoms with Crippen LogP contribution in [0.25, 0.3) is 0 Å². The van der Waals surface area contributed by atoms with E-state index in [2.05, 4.69) is 53.4 Å². The van der Waals surface area contributed by atoms with Crippen molar-refractivity contribution in [3.8, 4) is 0 Å². The van der Waals surface area contributed by atoms with Gasteiger partial charge in [0.1, 0.15) is 6.54 Å². The number of hydrogen-bond acceptors (Lipinski definition) is 2. The summed E-state index contributed by atoms with van der Waals surface area (Å²) in [5, 5.41) is 7.62. The molecule has 126 valence electrons. The molecule has 4 heteroatoms. The Kier molecular flexibility index (Phi) is 5.89. The molecule has 1 saturated heterocycles. The van der Waals surface area contributed by atoms with Gasteiger partial charge in [0.2, 0.25) is 0 Å². The Bertz CT molecular complexity index is 656. The van der Waals surface area contributed by atoms with Gasteiger partial charge >= 0.3 is 0 Å². The van der Waals surface area contributed by atoms with E-state index in [-0.39, 0.29) is 0 Å². The van der Waals surface area contributed by atoms with E-state index in [0.717, 1.165) is 44.2 Å². The van der Waals surface area contributed by atoms with E-state index < -0.39 is 0 Å². The number of piperazine rings is 1. The van der Waals surface area contributed by atoms with Crippen molar-refractivity contribution < 1.29 is 4.90 Å². The molecule has 0 spiro atoms. The van der Waals surface area contributed by atoms with Crippen molar-refractivity contribution in [1.82, 2.24) is 5.01 Å². The fourth-order valence-electron chi connectivity index (χ4n) is 2.98. The molecule has 2 aromatic carbocycles. The van der Waals surface area contributed by atoms with Crippen LogP contribution in [-0.4, -0.2) is 37.4 Å². The quantitative estimate of drug-likeness (QED) is 0.828. The average Bonchev–Trinajstić information content (AvgIpc) is 2.63. The van der Waals surface area contributed by atoms with Gasteiger partial charge in [-0.05, 0) is 29.7 Å². The van der Waals surface area contributed by atoms with Gasteiger partial charge in [-0.25, -0.2) is 0 Å². The highest BCUT2D eigenvalue weighted by atomic mass is 35.5. The monoisotopic (exact) mass is 342 g/mol. The van der Waals surface area contributed by atoms with E-state index in [1.807, 2.05) is 18.3 Å². The summed E-state index contributed by atoms with van der Waals surface area (Å²) in [6.07, 6.45) is 3.05. The lowest BCUT2D eigenvalue weighted by atomic mass is 10.1. The van der Waals surface area contributed by atoms with Crippen LogP contribution < -0.4 is 4.90 Å². The Hall–Kier alpha value is -1.84. The third-order valence-corrected chi connectivity index (χ3v) is 4.82. The van der Waals surface area contributed by atoms with Gasteiger partial charge in [-0.15, -0.1) is 0 Å². The maximum atomic E-state index is 5.95. The standard InChI is InChI=1S/C20H24ClN3/c1-2-17-3-5-18(6-4-17)15-22-24-13-11-23(12-14-24)16-19-7-9-20(21)10-8-19/h3-10,15H,2,11-14,16H2,1H3/p+1. The number of halogens is 1. The Morgan fingerprint density at radius 2 is 1.62 bits per heavy atom. The lowest BCUT2D eigenvalue weighted by Crippen LogP contribution is -3.13. The molecule has 0 atom stereocenters. The van der Waals surface area contributed by atoms with E-state index in [0.29, 0.717) is 0 Å². The van der Waals surface area contributed by atoms with Gasteiger partial charge in [0.25, 0.3) is 0 Å². The molecule has 1 aliphatic rings. The maximum Gasteiger partial charge on any atom is 0.103 e. The summed E-state index contributed by atoms with van der Waals surface area (Å²) in [5.74, 6) is 0. The molecule has 0 saturated carbocycles. The minimum Gasteiger partial charge on any atom is -0.328 e. The maximum absolute atomic E-state index is 5.95. The molecule has 24 heavy (non-hydrogen) atoms. The number of nitrogens with one attached hydrogen (secondary N) is 1. The molecule has 0 aromatic heterocycles. The number of nitrogens with zero attached hydrogens (tertiary/aromatic N) is 2. The first-order valence-corrected chi connectivity index (χ1v) is 9.06. The van der Waals surface area contributed by atoms with E-state index in [1.54, 1.807) is 4.90 Å². The first kappa shape index (κ1) is 17.0. The zero-order chi connectivity index (χ0) is 16.8. The number of hydrazone groups is 1. The van der Waals surface area contributed by atoms with Crippen molar-refractivity contribution in [2.75, 3.05) is 26.2 Å². The topological polar surface area (TPSA) is 20.0 Å². The fourth-order valence-corrected chi connectivity index (χ4v) is 3.11. The van der Waals surface area contributed by atoms with Crippen LogP contribution in [0.15, 0.2) is 53.6 Å². The van der Waals surface area contributed by atoms with Gasteiger partial charge in [-0.3, -0.25) is 5.01 Å². The Morgan fingerprint density at radius 1 is 1.00 bits per heavy atom. The van der Waals surface area contributed by atoms with Crippen LogP contribution in [0.3, 0.4) is 0 Å². The predicted octanol–water partition coefficient (Wildman–Crippen LogP) is 2.64. The summed E-state index contributed by atoms with van der Waals surface area (Å²) in [6.45, 7) is 7.49. The van der Waals surface area contributed by atoms with Crippen LogP contribution in [0.2, 0.25) is 5.02 Å². The summed E-state index contributed by atoms with van der Waals surface area (Å²) >= 11 is 5.95. The van der Waals surface area contributed by atoms with Crippen molar-refractivity contribution in [3.05, 3.63) is 70.2 Å². The molecule has 1 heterocycles. The van der Waals surface area contributed by atoms with Crippen molar-refractivity contribution in [1.29, 1.82) is 0 Å². The van der Waals surface area contributed by atoms with E-state index in [9.17, 15) is 0 Å². The third kappa shape index (κ3) is 4.83. The van der Waals surface area contributed by atoms with Crippen LogP contribution in [-0.2, 0) is 13.0 Å². The van der Waals surface area contributed by atoms with Gasteiger partial charge in [-0.1, -0.05) is 54.9 Å². The summed E-state index contributed by atoms with van der Waals surface area (Å²) in [4.78, 5) is 1.61. The largest absolute Gasteiger partial charge is 0.328 e. The number of quaternary nitrogens is 1. The Balaban J connectivity index is 1.47. The highest BCUT2D eigenvalue weighted by Crippen LogP contribution is 2.08. The van der Waals surface area contributed by atoms with Crippen molar-refractivity contribution in [2.45, 2.75) is 19.9 Å². The molecule has 1 N–H and O–H groups in total. The molecule has 2 aromatic rings. The minimum atomic E-state index is 0.805. The molecular weight excluding hydrogens is 318 g/mol. The van der Waals surface area contributed by atoms with Crippen LogP contribution in [0, 0.1) is 0 Å². The second-order valence-corrected chi connectivity index (χ2v) is 6.78. The summed E-state index contributed by atoms with van der Waals surface area (Å²) in [5.41, 5.74) is 3.89. The van der Waals surface area contributed by atoms with Gasteiger partial charge in [0.05, 0.1) is 32.4 Å². The fraction of sp³-hybridized carbons (Fsp3) is 0.350. The first-order valence-electron chi connectivity index (χ1n) is 8.69. The molecule has 0 radical (unpaired) electrons. The molecule has 0 unspecified atom stereocenters. The average molecular weight is 343 g/mol. The lowest BCUT2D eigenvalue weighted by Gasteiger charge is -2.30. The SMILES string of the molecule is CCc1ccc(C=NN2CC[NH+](Cc3ccc(Cl)cc3)CC2)cc1. The second kappa shape index (κ2) is 8.32. The molecule has 0 bridgehead atoms. The van der Waals surface area contributed by atoms with Crippen LogP contribution in [0.1, 0.15) is 23.6 Å². The number of aryl methyl sites for hydroxylation is 1. The zero-order valence-electron chi connectivity index (χ0n) is 14.2. The molecule has 0 aliphatic carbocycles. The van der Waals surface area contributed by atoms with Gasteiger partial charge in [-0.2, -0.15) is 5.10 Å². The molecule has 1 aliphatic heterocycles. The highest BCUT2D eigenvalue weighted by molar-refractivity contribution is 6.30. The molecule has 0 amide bonds. The summed E-state index contributed by atoms with van der Waals surface area (Å²) in [6, 6.07) is 16.8. The molecule has 3 rings (SSSR count). The van der Waals surface area contributed by atoms with Crippen molar-refractivity contribution in [3.63, 3.8) is 0 Å². The van der Waals surface area contributed by atoms with Crippen LogP contribution in [0.5, 0.6) is 0 Å². The number of rotatable bonds is 5. The van der Waals surface area contributed by atoms with Crippen LogP contribution in [0.4, 0.5) is 0 Å². The van der Waals surface area contributed by atoms with Gasteiger partial charge < -0.3 is 4.90 Å². The molecule has 3 nitrogen and oxygen atoms in total. The second-order valence-electron chi connectivity index (χ2n) is 6.35. The van der Waals surface area contributed by atoms with E-state index >= 15 is 0 Å². The van der Waals surface area contributed by atoms with Crippen molar-refractivity contribution in [2.24, 2.45) is 5.10 Å². The van der Waals surface area contributed by atoms with Crippen molar-refractivity contribution >= 4 is 17.8 Å². The molecule has 1 fully saturated rings. The lowest BCUT2D eigenvalue weighted by molar-refractivity contribution is -0.918. The van der Waals surface area contributed by atoms with E-state index in [1.165, 1.54) is 16.7 Å². The first-order chi connectivity index (χ1) is 11.7. The number of hydrogen-bond donors (Lipinski definition) is 1. The van der Waals surface area contributed by atoms with Gasteiger partial charge in [0, 0.05) is 10.6 Å². The smallest absolute Gasteiger partial charge is 0.103 e. The zero-order valence-corrected chi connectivity index (χ0v) is 15.0. The normalized spacial score (nSPS) is 16.0. The van der Waals surface area contributed by atoms with E-state index in [4.69, 9.17) is 11.6 Å². The van der Waals surface area contributed by atoms with Crippen LogP contribution >= 0.6 is 11.6 Å².